The molecule has 0 fully saturated rings. The molecular weight excluding hydrogens is 371 g/mol. The van der Waals surface area contributed by atoms with E-state index in [9.17, 15) is 4.79 Å². The Morgan fingerprint density at radius 1 is 1.04 bits per heavy atom. The number of aromatic nitrogens is 3. The molecule has 0 bridgehead atoms. The standard InChI is InChI=1S/C19H12Cl2N4O/c20-13-8-7-11(18-23-14-5-1-2-6-15(14)24-18)10-16(13)25-19(26)12-4-3-9-22-17(12)21/h1-10H,(H,23,24)(H,25,26). The molecular formula is C19H12Cl2N4O. The van der Waals surface area contributed by atoms with Gasteiger partial charge in [0.2, 0.25) is 0 Å². The topological polar surface area (TPSA) is 70.7 Å². The van der Waals surface area contributed by atoms with Gasteiger partial charge in [-0.3, -0.25) is 4.79 Å². The SMILES string of the molecule is O=C(Nc1cc(-c2nc3ccccc3[nH]2)ccc1Cl)c1cccnc1Cl. The molecule has 0 radical (unpaired) electrons. The zero-order chi connectivity index (χ0) is 18.1. The van der Waals surface area contributed by atoms with Crippen LogP contribution < -0.4 is 5.32 Å². The van der Waals surface area contributed by atoms with E-state index in [-0.39, 0.29) is 16.6 Å². The highest BCUT2D eigenvalue weighted by Crippen LogP contribution is 2.29. The molecule has 0 atom stereocenters. The average Bonchev–Trinajstić information content (AvgIpc) is 3.08. The predicted molar refractivity (Wildman–Crippen MR) is 104 cm³/mol. The van der Waals surface area contributed by atoms with E-state index in [0.717, 1.165) is 16.6 Å². The number of nitrogens with one attached hydrogen (secondary N) is 2. The maximum atomic E-state index is 12.5. The molecule has 4 rings (SSSR count). The number of hydrogen-bond donors (Lipinski definition) is 2. The number of hydrogen-bond acceptors (Lipinski definition) is 3. The number of nitrogens with zero attached hydrogens (tertiary/aromatic N) is 2. The summed E-state index contributed by atoms with van der Waals surface area (Å²) in [5, 5.41) is 3.32. The molecule has 2 N–H and O–H groups in total. The maximum Gasteiger partial charge on any atom is 0.258 e. The minimum absolute atomic E-state index is 0.134. The minimum Gasteiger partial charge on any atom is -0.338 e. The number of para-hydroxylation sites is 2. The lowest BCUT2D eigenvalue weighted by atomic mass is 10.1. The first-order chi connectivity index (χ1) is 12.6. The van der Waals surface area contributed by atoms with E-state index >= 15 is 0 Å². The summed E-state index contributed by atoms with van der Waals surface area (Å²) in [7, 11) is 0. The number of pyridine rings is 1. The highest BCUT2D eigenvalue weighted by molar-refractivity contribution is 6.35. The lowest BCUT2D eigenvalue weighted by molar-refractivity contribution is 0.102. The second-order valence-electron chi connectivity index (χ2n) is 5.59. The number of amides is 1. The third-order valence-electron chi connectivity index (χ3n) is 3.88. The Kier molecular flexibility index (Phi) is 4.32. The molecule has 7 heteroatoms. The number of anilines is 1. The lowest BCUT2D eigenvalue weighted by Crippen LogP contribution is -2.13. The molecule has 0 aliphatic heterocycles. The van der Waals surface area contributed by atoms with Crippen LogP contribution in [-0.4, -0.2) is 20.9 Å². The largest absolute Gasteiger partial charge is 0.338 e. The molecule has 0 spiro atoms. The predicted octanol–water partition coefficient (Wildman–Crippen LogP) is 5.18. The van der Waals surface area contributed by atoms with Gasteiger partial charge in [0, 0.05) is 11.8 Å². The van der Waals surface area contributed by atoms with Gasteiger partial charge in [-0.25, -0.2) is 9.97 Å². The van der Waals surface area contributed by atoms with E-state index in [1.807, 2.05) is 30.3 Å². The molecule has 128 valence electrons. The van der Waals surface area contributed by atoms with Crippen molar-refractivity contribution in [2.45, 2.75) is 0 Å². The van der Waals surface area contributed by atoms with Gasteiger partial charge in [-0.2, -0.15) is 0 Å². The minimum atomic E-state index is -0.383. The number of benzene rings is 2. The highest BCUT2D eigenvalue weighted by Gasteiger charge is 2.14. The van der Waals surface area contributed by atoms with Crippen LogP contribution in [0.5, 0.6) is 0 Å². The number of H-pyrrole nitrogens is 1. The summed E-state index contributed by atoms with van der Waals surface area (Å²) >= 11 is 12.2. The summed E-state index contributed by atoms with van der Waals surface area (Å²) in [6.07, 6.45) is 1.52. The quantitative estimate of drug-likeness (QED) is 0.479. The van der Waals surface area contributed by atoms with E-state index in [2.05, 4.69) is 20.3 Å². The fourth-order valence-electron chi connectivity index (χ4n) is 2.60. The summed E-state index contributed by atoms with van der Waals surface area (Å²) < 4.78 is 0. The molecule has 0 unspecified atom stereocenters. The molecule has 2 aromatic heterocycles. The van der Waals surface area contributed by atoms with E-state index in [0.29, 0.717) is 16.5 Å². The number of fused-ring (bicyclic) bond motifs is 1. The third-order valence-corrected chi connectivity index (χ3v) is 4.51. The van der Waals surface area contributed by atoms with Gasteiger partial charge in [-0.15, -0.1) is 0 Å². The van der Waals surface area contributed by atoms with Gasteiger partial charge in [0.25, 0.3) is 5.91 Å². The average molecular weight is 383 g/mol. The molecule has 0 aliphatic carbocycles. The van der Waals surface area contributed by atoms with E-state index in [1.165, 1.54) is 6.20 Å². The van der Waals surface area contributed by atoms with Crippen LogP contribution in [0.15, 0.2) is 60.8 Å². The second kappa shape index (κ2) is 6.78. The summed E-state index contributed by atoms with van der Waals surface area (Å²) in [5.41, 5.74) is 3.35. The van der Waals surface area contributed by atoms with Crippen molar-refractivity contribution in [2.24, 2.45) is 0 Å². The number of carbonyl (C=O) groups excluding carboxylic acids is 1. The van der Waals surface area contributed by atoms with Crippen LogP contribution in [-0.2, 0) is 0 Å². The van der Waals surface area contributed by atoms with Crippen LogP contribution in [0.25, 0.3) is 22.4 Å². The van der Waals surface area contributed by atoms with Gasteiger partial charge in [0.05, 0.1) is 27.3 Å². The van der Waals surface area contributed by atoms with Gasteiger partial charge < -0.3 is 10.3 Å². The van der Waals surface area contributed by atoms with Crippen molar-refractivity contribution in [2.75, 3.05) is 5.32 Å². The summed E-state index contributed by atoms with van der Waals surface area (Å²) in [5.74, 6) is 0.310. The molecule has 2 heterocycles. The molecule has 5 nitrogen and oxygen atoms in total. The summed E-state index contributed by atoms with van der Waals surface area (Å²) in [4.78, 5) is 24.2. The van der Waals surface area contributed by atoms with Gasteiger partial charge in [0.15, 0.2) is 0 Å². The normalized spacial score (nSPS) is 10.8. The van der Waals surface area contributed by atoms with Gasteiger partial charge in [-0.1, -0.05) is 35.3 Å². The first-order valence-corrected chi connectivity index (χ1v) is 8.54. The maximum absolute atomic E-state index is 12.5. The number of halogens is 2. The Morgan fingerprint density at radius 2 is 1.88 bits per heavy atom. The molecule has 4 aromatic rings. The Hall–Kier alpha value is -2.89. The van der Waals surface area contributed by atoms with Crippen LogP contribution in [0.3, 0.4) is 0 Å². The molecule has 2 aromatic carbocycles. The van der Waals surface area contributed by atoms with Gasteiger partial charge in [0.1, 0.15) is 11.0 Å². The zero-order valence-corrected chi connectivity index (χ0v) is 14.8. The Balaban J connectivity index is 1.68. The summed E-state index contributed by atoms with van der Waals surface area (Å²) in [6, 6.07) is 16.3. The molecule has 1 amide bonds. The van der Waals surface area contributed by atoms with Crippen LogP contribution in [0, 0.1) is 0 Å². The fraction of sp³-hybridized carbons (Fsp3) is 0. The zero-order valence-electron chi connectivity index (χ0n) is 13.3. The first-order valence-electron chi connectivity index (χ1n) is 7.78. The third kappa shape index (κ3) is 3.14. The van der Waals surface area contributed by atoms with Crippen LogP contribution in [0.2, 0.25) is 10.2 Å². The number of aromatic amines is 1. The fourth-order valence-corrected chi connectivity index (χ4v) is 2.97. The van der Waals surface area contributed by atoms with E-state index < -0.39 is 0 Å². The summed E-state index contributed by atoms with van der Waals surface area (Å²) in [6.45, 7) is 0. The number of rotatable bonds is 3. The van der Waals surface area contributed by atoms with Crippen molar-refractivity contribution in [3.05, 3.63) is 76.5 Å². The van der Waals surface area contributed by atoms with E-state index in [4.69, 9.17) is 23.2 Å². The first kappa shape index (κ1) is 16.6. The lowest BCUT2D eigenvalue weighted by Gasteiger charge is -2.09. The monoisotopic (exact) mass is 382 g/mol. The van der Waals surface area contributed by atoms with Gasteiger partial charge >= 0.3 is 0 Å². The van der Waals surface area contributed by atoms with Crippen LogP contribution in [0.1, 0.15) is 10.4 Å². The Morgan fingerprint density at radius 3 is 2.69 bits per heavy atom. The van der Waals surface area contributed by atoms with Crippen LogP contribution in [0.4, 0.5) is 5.69 Å². The number of carbonyl (C=O) groups is 1. The van der Waals surface area contributed by atoms with Crippen LogP contribution >= 0.6 is 23.2 Å². The van der Waals surface area contributed by atoms with Gasteiger partial charge in [-0.05, 0) is 42.5 Å². The van der Waals surface area contributed by atoms with Crippen molar-refractivity contribution in [1.29, 1.82) is 0 Å². The Bertz CT molecular complexity index is 1090. The van der Waals surface area contributed by atoms with Crippen molar-refractivity contribution in [3.8, 4) is 11.4 Å². The molecule has 0 saturated carbocycles. The van der Waals surface area contributed by atoms with Crippen molar-refractivity contribution < 1.29 is 4.79 Å². The smallest absolute Gasteiger partial charge is 0.258 e. The number of imidazole rings is 1. The second-order valence-corrected chi connectivity index (χ2v) is 6.36. The molecule has 0 saturated heterocycles. The molecule has 0 aliphatic rings. The van der Waals surface area contributed by atoms with Crippen molar-refractivity contribution >= 4 is 45.8 Å². The highest BCUT2D eigenvalue weighted by atomic mass is 35.5. The Labute approximate surface area is 159 Å². The van der Waals surface area contributed by atoms with E-state index in [1.54, 1.807) is 24.3 Å². The van der Waals surface area contributed by atoms with Crippen molar-refractivity contribution in [3.63, 3.8) is 0 Å². The molecule has 26 heavy (non-hydrogen) atoms. The van der Waals surface area contributed by atoms with Crippen molar-refractivity contribution in [1.82, 2.24) is 15.0 Å².